The van der Waals surface area contributed by atoms with Crippen LogP contribution in [0.1, 0.15) is 96.6 Å². The summed E-state index contributed by atoms with van der Waals surface area (Å²) in [5, 5.41) is 25.0. The molecule has 11 heteroatoms. The molecule has 0 radical (unpaired) electrons. The fourth-order valence-electron chi connectivity index (χ4n) is 4.62. The molecule has 1 aliphatic heterocycles. The van der Waals surface area contributed by atoms with Gasteiger partial charge in [0.2, 0.25) is 5.88 Å². The molecule has 208 valence electrons. The Morgan fingerprint density at radius 3 is 1.89 bits per heavy atom. The average Bonchev–Trinajstić information content (AvgIpc) is 3.36. The topological polar surface area (TPSA) is 141 Å². The first-order valence-corrected chi connectivity index (χ1v) is 13.9. The Labute approximate surface area is 223 Å². The number of amides is 4. The number of fused-ring (bicyclic) bond motifs is 1. The molecule has 2 aromatic heterocycles. The standard InChI is InChI=1S/C27H40N6O5/c1-3-5-7-9-11-13-15-31-24(36)23(25(37)32(27(31)38)16-14-12-10-8-6-4-2)21(34)17-20-18-22(35)33-26(30-20)28-19-29-33/h18-19,34-35H,3-17H2,1-2H3. The molecule has 0 aliphatic carbocycles. The summed E-state index contributed by atoms with van der Waals surface area (Å²) >= 11 is 0. The highest BCUT2D eigenvalue weighted by Gasteiger charge is 2.43. The second-order valence-corrected chi connectivity index (χ2v) is 9.81. The Balaban J connectivity index is 1.79. The lowest BCUT2D eigenvalue weighted by Gasteiger charge is -2.34. The minimum Gasteiger partial charge on any atom is -0.511 e. The third-order valence-corrected chi connectivity index (χ3v) is 6.77. The highest BCUT2D eigenvalue weighted by atomic mass is 16.3. The number of allylic oxidation sites excluding steroid dienone is 1. The maximum absolute atomic E-state index is 13.3. The van der Waals surface area contributed by atoms with Gasteiger partial charge in [-0.15, -0.1) is 0 Å². The van der Waals surface area contributed by atoms with Gasteiger partial charge in [0.25, 0.3) is 17.6 Å². The molecule has 0 aromatic carbocycles. The van der Waals surface area contributed by atoms with E-state index in [9.17, 15) is 24.6 Å². The van der Waals surface area contributed by atoms with Gasteiger partial charge in [0.15, 0.2) is 0 Å². The van der Waals surface area contributed by atoms with Crippen molar-refractivity contribution in [2.24, 2.45) is 0 Å². The molecule has 0 spiro atoms. The molecule has 0 bridgehead atoms. The number of aliphatic hydroxyl groups is 1. The third-order valence-electron chi connectivity index (χ3n) is 6.77. The number of nitrogens with zero attached hydrogens (tertiary/aromatic N) is 6. The van der Waals surface area contributed by atoms with Crippen LogP contribution in [0.4, 0.5) is 4.79 Å². The van der Waals surface area contributed by atoms with Crippen molar-refractivity contribution in [2.75, 3.05) is 13.1 Å². The number of urea groups is 1. The van der Waals surface area contributed by atoms with Crippen LogP contribution in [0.25, 0.3) is 5.78 Å². The average molecular weight is 529 g/mol. The molecule has 0 saturated carbocycles. The van der Waals surface area contributed by atoms with E-state index < -0.39 is 29.2 Å². The Hall–Kier alpha value is -3.50. The van der Waals surface area contributed by atoms with Gasteiger partial charge in [-0.3, -0.25) is 19.4 Å². The Morgan fingerprint density at radius 2 is 1.34 bits per heavy atom. The smallest absolute Gasteiger partial charge is 0.333 e. The van der Waals surface area contributed by atoms with Gasteiger partial charge in [-0.1, -0.05) is 78.1 Å². The highest BCUT2D eigenvalue weighted by molar-refractivity contribution is 6.29. The van der Waals surface area contributed by atoms with Crippen LogP contribution in [-0.2, 0) is 16.0 Å². The van der Waals surface area contributed by atoms with Crippen molar-refractivity contribution in [2.45, 2.75) is 97.3 Å². The Kier molecular flexibility index (Phi) is 11.0. The van der Waals surface area contributed by atoms with Crippen molar-refractivity contribution < 1.29 is 24.6 Å². The molecular formula is C27H40N6O5. The van der Waals surface area contributed by atoms with Gasteiger partial charge in [-0.2, -0.15) is 14.6 Å². The zero-order chi connectivity index (χ0) is 27.5. The summed E-state index contributed by atoms with van der Waals surface area (Å²) in [5.41, 5.74) is -0.223. The fourth-order valence-corrected chi connectivity index (χ4v) is 4.62. The summed E-state index contributed by atoms with van der Waals surface area (Å²) in [6.45, 7) is 4.65. The molecule has 4 amide bonds. The van der Waals surface area contributed by atoms with Crippen molar-refractivity contribution in [3.8, 4) is 5.88 Å². The monoisotopic (exact) mass is 528 g/mol. The van der Waals surface area contributed by atoms with E-state index in [0.29, 0.717) is 12.8 Å². The lowest BCUT2D eigenvalue weighted by atomic mass is 10.0. The van der Waals surface area contributed by atoms with E-state index in [2.05, 4.69) is 28.9 Å². The molecule has 38 heavy (non-hydrogen) atoms. The number of barbiturate groups is 1. The van der Waals surface area contributed by atoms with Gasteiger partial charge < -0.3 is 10.2 Å². The van der Waals surface area contributed by atoms with Crippen LogP contribution in [0.15, 0.2) is 23.7 Å². The number of imide groups is 2. The number of carbonyl (C=O) groups is 3. The third kappa shape index (κ3) is 7.29. The first kappa shape index (κ1) is 29.1. The molecule has 1 saturated heterocycles. The van der Waals surface area contributed by atoms with Crippen LogP contribution >= 0.6 is 0 Å². The van der Waals surface area contributed by atoms with Crippen molar-refractivity contribution in [1.29, 1.82) is 0 Å². The van der Waals surface area contributed by atoms with Gasteiger partial charge in [-0.05, 0) is 12.8 Å². The summed E-state index contributed by atoms with van der Waals surface area (Å²) in [6, 6.07) is 0.656. The van der Waals surface area contributed by atoms with Crippen LogP contribution in [0, 0.1) is 0 Å². The zero-order valence-electron chi connectivity index (χ0n) is 22.6. The number of rotatable bonds is 16. The number of aromatic hydroxyl groups is 1. The highest BCUT2D eigenvalue weighted by Crippen LogP contribution is 2.24. The molecule has 1 aliphatic rings. The summed E-state index contributed by atoms with van der Waals surface area (Å²) in [7, 11) is 0. The van der Waals surface area contributed by atoms with Crippen molar-refractivity contribution in [3.63, 3.8) is 0 Å². The fraction of sp³-hybridized carbons (Fsp3) is 0.630. The van der Waals surface area contributed by atoms with E-state index in [1.54, 1.807) is 0 Å². The number of hydrogen-bond acceptors (Lipinski definition) is 8. The maximum Gasteiger partial charge on any atom is 0.333 e. The van der Waals surface area contributed by atoms with E-state index in [-0.39, 0.29) is 36.9 Å². The van der Waals surface area contributed by atoms with Crippen LogP contribution in [0.5, 0.6) is 5.88 Å². The predicted molar refractivity (Wildman–Crippen MR) is 141 cm³/mol. The first-order chi connectivity index (χ1) is 18.4. The van der Waals surface area contributed by atoms with E-state index in [0.717, 1.165) is 78.5 Å². The summed E-state index contributed by atoms with van der Waals surface area (Å²) in [4.78, 5) is 50.2. The normalized spacial score (nSPS) is 14.3. The number of aromatic nitrogens is 4. The molecule has 2 aromatic rings. The Bertz CT molecular complexity index is 1100. The van der Waals surface area contributed by atoms with E-state index in [4.69, 9.17) is 0 Å². The van der Waals surface area contributed by atoms with Crippen molar-refractivity contribution in [3.05, 3.63) is 29.4 Å². The molecule has 2 N–H and O–H groups in total. The van der Waals surface area contributed by atoms with Gasteiger partial charge >= 0.3 is 6.03 Å². The van der Waals surface area contributed by atoms with Crippen LogP contribution in [0.2, 0.25) is 0 Å². The molecule has 3 rings (SSSR count). The number of unbranched alkanes of at least 4 members (excludes halogenated alkanes) is 10. The second-order valence-electron chi connectivity index (χ2n) is 9.81. The molecule has 0 atom stereocenters. The number of carbonyl (C=O) groups excluding carboxylic acids is 3. The van der Waals surface area contributed by atoms with Crippen molar-refractivity contribution in [1.82, 2.24) is 29.4 Å². The molecular weight excluding hydrogens is 488 g/mol. The molecule has 3 heterocycles. The van der Waals surface area contributed by atoms with Gasteiger partial charge in [0, 0.05) is 25.6 Å². The Morgan fingerprint density at radius 1 is 0.816 bits per heavy atom. The maximum atomic E-state index is 13.3. The number of aliphatic hydroxyl groups excluding tert-OH is 1. The van der Waals surface area contributed by atoms with Gasteiger partial charge in [0.1, 0.15) is 17.7 Å². The van der Waals surface area contributed by atoms with E-state index in [1.807, 2.05) is 0 Å². The molecule has 1 fully saturated rings. The molecule has 0 unspecified atom stereocenters. The largest absolute Gasteiger partial charge is 0.511 e. The van der Waals surface area contributed by atoms with Crippen LogP contribution < -0.4 is 0 Å². The lowest BCUT2D eigenvalue weighted by molar-refractivity contribution is -0.136. The summed E-state index contributed by atoms with van der Waals surface area (Å²) in [5.74, 6) is -2.21. The van der Waals surface area contributed by atoms with Gasteiger partial charge in [-0.25, -0.2) is 9.78 Å². The van der Waals surface area contributed by atoms with Crippen molar-refractivity contribution >= 4 is 23.6 Å². The SMILES string of the molecule is CCCCCCCCN1C(=O)C(=C(O)Cc2cc(O)n3ncnc3n2)C(=O)N(CCCCCCCC)C1=O. The minimum atomic E-state index is -0.793. The second kappa shape index (κ2) is 14.4. The number of hydrogen-bond donors (Lipinski definition) is 2. The zero-order valence-corrected chi connectivity index (χ0v) is 22.6. The first-order valence-electron chi connectivity index (χ1n) is 13.9. The van der Waals surface area contributed by atoms with E-state index in [1.165, 1.54) is 12.4 Å². The predicted octanol–water partition coefficient (Wildman–Crippen LogP) is 4.70. The van der Waals surface area contributed by atoms with Gasteiger partial charge in [0.05, 0.1) is 5.69 Å². The van der Waals surface area contributed by atoms with Crippen LogP contribution in [0.3, 0.4) is 0 Å². The summed E-state index contributed by atoms with van der Waals surface area (Å²) < 4.78 is 1.12. The molecule has 11 nitrogen and oxygen atoms in total. The van der Waals surface area contributed by atoms with E-state index >= 15 is 0 Å². The lowest BCUT2D eigenvalue weighted by Crippen LogP contribution is -2.57. The van der Waals surface area contributed by atoms with Crippen LogP contribution in [-0.4, -0.2) is 70.5 Å². The summed E-state index contributed by atoms with van der Waals surface area (Å²) in [6.07, 6.45) is 12.7. The minimum absolute atomic E-state index is 0.115. The quantitative estimate of drug-likeness (QED) is 0.138.